The van der Waals surface area contributed by atoms with Crippen molar-refractivity contribution in [3.8, 4) is 28.4 Å². The summed E-state index contributed by atoms with van der Waals surface area (Å²) in [7, 11) is 4.72. The van der Waals surface area contributed by atoms with Crippen LogP contribution >= 0.6 is 0 Å². The molecule has 0 aliphatic heterocycles. The Labute approximate surface area is 133 Å². The van der Waals surface area contributed by atoms with Crippen LogP contribution in [0.1, 0.15) is 0 Å². The third-order valence-electron chi connectivity index (χ3n) is 3.64. The monoisotopic (exact) mass is 312 g/mol. The van der Waals surface area contributed by atoms with Crippen molar-refractivity contribution in [2.75, 3.05) is 21.3 Å². The van der Waals surface area contributed by atoms with E-state index in [1.165, 1.54) is 6.07 Å². The fourth-order valence-electron chi connectivity index (χ4n) is 2.52. The highest BCUT2D eigenvalue weighted by molar-refractivity contribution is 5.98. The van der Waals surface area contributed by atoms with Gasteiger partial charge in [0.05, 0.1) is 26.7 Å². The molecule has 5 heteroatoms. The molecule has 0 fully saturated rings. The average Bonchev–Trinajstić information content (AvgIpc) is 2.59. The van der Waals surface area contributed by atoms with Gasteiger partial charge < -0.3 is 18.6 Å². The van der Waals surface area contributed by atoms with Gasteiger partial charge in [0.2, 0.25) is 0 Å². The molecule has 0 saturated heterocycles. The average molecular weight is 312 g/mol. The van der Waals surface area contributed by atoms with Gasteiger partial charge in [0, 0.05) is 23.8 Å². The van der Waals surface area contributed by atoms with Crippen LogP contribution < -0.4 is 19.8 Å². The van der Waals surface area contributed by atoms with Gasteiger partial charge in [-0.15, -0.1) is 0 Å². The fourth-order valence-corrected chi connectivity index (χ4v) is 2.52. The molecular formula is C18H16O5. The summed E-state index contributed by atoms with van der Waals surface area (Å²) >= 11 is 0. The van der Waals surface area contributed by atoms with E-state index in [0.717, 1.165) is 22.3 Å². The van der Waals surface area contributed by atoms with Crippen molar-refractivity contribution in [1.29, 1.82) is 0 Å². The van der Waals surface area contributed by atoms with Gasteiger partial charge in [0.1, 0.15) is 22.8 Å². The van der Waals surface area contributed by atoms with Crippen LogP contribution in [0.25, 0.3) is 22.1 Å². The van der Waals surface area contributed by atoms with E-state index >= 15 is 0 Å². The lowest BCUT2D eigenvalue weighted by Crippen LogP contribution is -2.00. The second-order valence-electron chi connectivity index (χ2n) is 4.91. The molecule has 23 heavy (non-hydrogen) atoms. The van der Waals surface area contributed by atoms with E-state index in [4.69, 9.17) is 18.6 Å². The molecule has 118 valence electrons. The van der Waals surface area contributed by atoms with E-state index in [9.17, 15) is 4.79 Å². The minimum Gasteiger partial charge on any atom is -0.497 e. The number of ether oxygens (including phenoxy) is 3. The van der Waals surface area contributed by atoms with Gasteiger partial charge in [0.25, 0.3) is 0 Å². The molecular weight excluding hydrogens is 296 g/mol. The molecule has 0 unspecified atom stereocenters. The first-order chi connectivity index (χ1) is 11.2. The zero-order valence-corrected chi connectivity index (χ0v) is 13.1. The highest BCUT2D eigenvalue weighted by atomic mass is 16.5. The lowest BCUT2D eigenvalue weighted by atomic mass is 10.0. The molecule has 3 aromatic rings. The highest BCUT2D eigenvalue weighted by Gasteiger charge is 2.14. The molecule has 0 N–H and O–H groups in total. The van der Waals surface area contributed by atoms with Crippen LogP contribution in [0.3, 0.4) is 0 Å². The molecule has 0 saturated carbocycles. The van der Waals surface area contributed by atoms with E-state index in [1.807, 2.05) is 24.3 Å². The van der Waals surface area contributed by atoms with Crippen molar-refractivity contribution >= 4 is 11.0 Å². The number of hydrogen-bond donors (Lipinski definition) is 0. The molecule has 0 aliphatic rings. The Bertz CT molecular complexity index is 894. The summed E-state index contributed by atoms with van der Waals surface area (Å²) in [5.41, 5.74) is 1.59. The van der Waals surface area contributed by atoms with E-state index in [2.05, 4.69) is 0 Å². The first-order valence-corrected chi connectivity index (χ1v) is 7.00. The van der Waals surface area contributed by atoms with Gasteiger partial charge in [-0.1, -0.05) is 12.1 Å². The third-order valence-corrected chi connectivity index (χ3v) is 3.64. The van der Waals surface area contributed by atoms with Gasteiger partial charge in [0.15, 0.2) is 0 Å². The van der Waals surface area contributed by atoms with Crippen LogP contribution in [0.4, 0.5) is 0 Å². The second kappa shape index (κ2) is 6.04. The minimum absolute atomic E-state index is 0.416. The minimum atomic E-state index is -0.432. The topological polar surface area (TPSA) is 57.9 Å². The van der Waals surface area contributed by atoms with Gasteiger partial charge in [-0.2, -0.15) is 0 Å². The number of fused-ring (bicyclic) bond motifs is 1. The van der Waals surface area contributed by atoms with Crippen LogP contribution in [-0.4, -0.2) is 21.3 Å². The van der Waals surface area contributed by atoms with Gasteiger partial charge in [-0.05, 0) is 17.7 Å². The maximum Gasteiger partial charge on any atom is 0.336 e. The van der Waals surface area contributed by atoms with Gasteiger partial charge in [-0.25, -0.2) is 4.79 Å². The predicted octanol–water partition coefficient (Wildman–Crippen LogP) is 3.49. The zero-order valence-electron chi connectivity index (χ0n) is 13.1. The predicted molar refractivity (Wildman–Crippen MR) is 87.6 cm³/mol. The van der Waals surface area contributed by atoms with Crippen LogP contribution in [0.2, 0.25) is 0 Å². The zero-order chi connectivity index (χ0) is 16.4. The number of hydrogen-bond acceptors (Lipinski definition) is 5. The number of methoxy groups -OCH3 is 3. The first-order valence-electron chi connectivity index (χ1n) is 7.00. The van der Waals surface area contributed by atoms with Crippen molar-refractivity contribution in [3.63, 3.8) is 0 Å². The van der Waals surface area contributed by atoms with Crippen LogP contribution in [0, 0.1) is 0 Å². The van der Waals surface area contributed by atoms with E-state index in [-0.39, 0.29) is 0 Å². The molecule has 1 heterocycles. The molecule has 0 amide bonds. The molecule has 0 atom stereocenters. The maximum atomic E-state index is 11.9. The van der Waals surface area contributed by atoms with E-state index in [0.29, 0.717) is 17.1 Å². The lowest BCUT2D eigenvalue weighted by Gasteiger charge is -2.12. The molecule has 5 nitrogen and oxygen atoms in total. The van der Waals surface area contributed by atoms with Crippen LogP contribution in [0.15, 0.2) is 51.7 Å². The fraction of sp³-hybridized carbons (Fsp3) is 0.167. The Morgan fingerprint density at radius 2 is 1.52 bits per heavy atom. The molecule has 1 aromatic heterocycles. The molecule has 2 aromatic carbocycles. The Kier molecular flexibility index (Phi) is 3.93. The van der Waals surface area contributed by atoms with Crippen molar-refractivity contribution in [1.82, 2.24) is 0 Å². The van der Waals surface area contributed by atoms with Crippen molar-refractivity contribution in [2.24, 2.45) is 0 Å². The van der Waals surface area contributed by atoms with E-state index in [1.54, 1.807) is 33.5 Å². The van der Waals surface area contributed by atoms with Gasteiger partial charge in [-0.3, -0.25) is 0 Å². The second-order valence-corrected chi connectivity index (χ2v) is 4.91. The standard InChI is InChI=1S/C18H16O5/c1-20-12-6-4-11(5-7-12)14-10-17(19)23-16-9-13(21-2)8-15(22-3)18(14)16/h4-10H,1-3H3. The van der Waals surface area contributed by atoms with Gasteiger partial charge >= 0.3 is 5.63 Å². The quantitative estimate of drug-likeness (QED) is 0.690. The summed E-state index contributed by atoms with van der Waals surface area (Å²) in [6, 6.07) is 12.3. The maximum absolute atomic E-state index is 11.9. The first kappa shape index (κ1) is 15.0. The molecule has 3 rings (SSSR count). The summed E-state index contributed by atoms with van der Waals surface area (Å²) < 4.78 is 21.2. The van der Waals surface area contributed by atoms with E-state index < -0.39 is 5.63 Å². The molecule has 0 spiro atoms. The summed E-state index contributed by atoms with van der Waals surface area (Å²) in [6.07, 6.45) is 0. The Morgan fingerprint density at radius 1 is 0.826 bits per heavy atom. The Hall–Kier alpha value is -2.95. The highest BCUT2D eigenvalue weighted by Crippen LogP contribution is 2.37. The Balaban J connectivity index is 2.32. The molecule has 0 aliphatic carbocycles. The summed E-state index contributed by atoms with van der Waals surface area (Å²) in [4.78, 5) is 11.9. The lowest BCUT2D eigenvalue weighted by molar-refractivity contribution is 0.396. The van der Waals surface area contributed by atoms with Crippen molar-refractivity contribution in [2.45, 2.75) is 0 Å². The Morgan fingerprint density at radius 3 is 2.13 bits per heavy atom. The van der Waals surface area contributed by atoms with Crippen molar-refractivity contribution in [3.05, 3.63) is 52.9 Å². The summed E-state index contributed by atoms with van der Waals surface area (Å²) in [6.45, 7) is 0. The largest absolute Gasteiger partial charge is 0.497 e. The smallest absolute Gasteiger partial charge is 0.336 e. The third kappa shape index (κ3) is 2.73. The normalized spacial score (nSPS) is 10.6. The van der Waals surface area contributed by atoms with Crippen LogP contribution in [0.5, 0.6) is 17.2 Å². The van der Waals surface area contributed by atoms with Crippen molar-refractivity contribution < 1.29 is 18.6 Å². The summed E-state index contributed by atoms with van der Waals surface area (Å²) in [5, 5.41) is 0.720. The molecule has 0 radical (unpaired) electrons. The SMILES string of the molecule is COc1ccc(-c2cc(=O)oc3cc(OC)cc(OC)c23)cc1. The number of rotatable bonds is 4. The number of benzene rings is 2. The molecule has 0 bridgehead atoms. The summed E-state index contributed by atoms with van der Waals surface area (Å²) in [5.74, 6) is 1.88. The van der Waals surface area contributed by atoms with Crippen LogP contribution in [-0.2, 0) is 0 Å².